The molecule has 1 fully saturated rings. The number of amides is 2. The summed E-state index contributed by atoms with van der Waals surface area (Å²) in [5.41, 5.74) is 2.96. The van der Waals surface area contributed by atoms with Crippen molar-refractivity contribution in [2.24, 2.45) is 5.10 Å². The van der Waals surface area contributed by atoms with Gasteiger partial charge in [0.25, 0.3) is 27.5 Å². The third kappa shape index (κ3) is 9.00. The first-order valence-electron chi connectivity index (χ1n) is 13.9. The normalized spacial score (nSPS) is 14.6. The van der Waals surface area contributed by atoms with Gasteiger partial charge in [-0.15, -0.1) is 0 Å². The van der Waals surface area contributed by atoms with E-state index in [0.717, 1.165) is 23.2 Å². The van der Waals surface area contributed by atoms with E-state index in [9.17, 15) is 28.1 Å². The van der Waals surface area contributed by atoms with Crippen molar-refractivity contribution < 1.29 is 37.1 Å². The molecule has 1 aliphatic heterocycles. The zero-order valence-corrected chi connectivity index (χ0v) is 25.5. The molecule has 0 unspecified atom stereocenters. The predicted molar refractivity (Wildman–Crippen MR) is 165 cm³/mol. The summed E-state index contributed by atoms with van der Waals surface area (Å²) in [5, 5.41) is 18.1. The number of nitro groups is 1. The summed E-state index contributed by atoms with van der Waals surface area (Å²) in [7, 11) is -2.96. The largest absolute Gasteiger partial charge is 0.497 e. The first kappa shape index (κ1) is 32.9. The fourth-order valence-corrected chi connectivity index (χ4v) is 5.81. The molecule has 0 radical (unpaired) electrons. The number of nitro benzene ring substituents is 1. The second-order valence-corrected chi connectivity index (χ2v) is 11.9. The minimum Gasteiger partial charge on any atom is -0.497 e. The smallest absolute Gasteiger partial charge is 0.273 e. The van der Waals surface area contributed by atoms with Gasteiger partial charge in [0, 0.05) is 24.8 Å². The van der Waals surface area contributed by atoms with Gasteiger partial charge in [0.05, 0.1) is 34.9 Å². The van der Waals surface area contributed by atoms with Gasteiger partial charge in [-0.3, -0.25) is 24.0 Å². The number of hydrogen-bond acceptors (Lipinski definition) is 10. The number of anilines is 1. The number of benzene rings is 3. The van der Waals surface area contributed by atoms with Crippen LogP contribution < -0.4 is 24.5 Å². The van der Waals surface area contributed by atoms with Gasteiger partial charge in [0.15, 0.2) is 6.61 Å². The standard InChI is InChI=1S/C30H33N5O9S/c1-21-5-14-27(16-28(21)35(38)39)45(40,41)34(23-8-12-24(42-2)13-9-23)19-29(36)33-32-17-22-6-10-25(11-7-22)44-20-30(37)31-18-26-4-3-15-43-26/h5-14,16-17,26H,3-4,15,18-20H2,1-2H3,(H,31,37)(H,33,36)/b32-17-/t26-/m0/s1. The van der Waals surface area contributed by atoms with E-state index in [1.807, 2.05) is 0 Å². The molecule has 2 amide bonds. The van der Waals surface area contributed by atoms with E-state index >= 15 is 0 Å². The van der Waals surface area contributed by atoms with Gasteiger partial charge in [-0.25, -0.2) is 13.8 Å². The Balaban J connectivity index is 1.38. The number of hydrogen-bond donors (Lipinski definition) is 2. The lowest BCUT2D eigenvalue weighted by atomic mass is 10.2. The summed E-state index contributed by atoms with van der Waals surface area (Å²) in [6.45, 7) is 1.83. The summed E-state index contributed by atoms with van der Waals surface area (Å²) in [6.07, 6.45) is 3.30. The number of methoxy groups -OCH3 is 1. The summed E-state index contributed by atoms with van der Waals surface area (Å²) in [4.78, 5) is 35.3. The monoisotopic (exact) mass is 639 g/mol. The first-order valence-corrected chi connectivity index (χ1v) is 15.4. The Morgan fingerprint density at radius 3 is 2.44 bits per heavy atom. The molecular weight excluding hydrogens is 606 g/mol. The molecular formula is C30H33N5O9S. The summed E-state index contributed by atoms with van der Waals surface area (Å²) in [5.74, 6) is -0.100. The van der Waals surface area contributed by atoms with Gasteiger partial charge in [0.1, 0.15) is 18.0 Å². The van der Waals surface area contributed by atoms with Crippen molar-refractivity contribution >= 4 is 39.4 Å². The molecule has 1 saturated heterocycles. The molecule has 3 aromatic rings. The number of nitrogens with one attached hydrogen (secondary N) is 2. The Kier molecular flexibility index (Phi) is 11.0. The summed E-state index contributed by atoms with van der Waals surface area (Å²) in [6, 6.07) is 16.1. The molecule has 14 nitrogen and oxygen atoms in total. The highest BCUT2D eigenvalue weighted by Crippen LogP contribution is 2.29. The van der Waals surface area contributed by atoms with Crippen molar-refractivity contribution in [3.8, 4) is 11.5 Å². The summed E-state index contributed by atoms with van der Waals surface area (Å²) >= 11 is 0. The van der Waals surface area contributed by atoms with Gasteiger partial charge in [-0.1, -0.05) is 6.07 Å². The minimum atomic E-state index is -4.42. The number of nitrogens with zero attached hydrogens (tertiary/aromatic N) is 3. The maximum absolute atomic E-state index is 13.6. The van der Waals surface area contributed by atoms with E-state index in [2.05, 4.69) is 15.8 Å². The fourth-order valence-electron chi connectivity index (χ4n) is 4.36. The van der Waals surface area contributed by atoms with Gasteiger partial charge in [-0.05, 0) is 79.9 Å². The number of carbonyl (C=O) groups excluding carboxylic acids is 2. The van der Waals surface area contributed by atoms with Crippen molar-refractivity contribution in [1.82, 2.24) is 10.7 Å². The van der Waals surface area contributed by atoms with Crippen LogP contribution in [0.25, 0.3) is 0 Å². The molecule has 0 aromatic heterocycles. The van der Waals surface area contributed by atoms with Gasteiger partial charge in [0.2, 0.25) is 0 Å². The Labute approximate surface area is 260 Å². The minimum absolute atomic E-state index is 0.0418. The van der Waals surface area contributed by atoms with Crippen LogP contribution in [0.2, 0.25) is 0 Å². The molecule has 238 valence electrons. The fraction of sp³-hybridized carbons (Fsp3) is 0.300. The first-order chi connectivity index (χ1) is 21.6. The van der Waals surface area contributed by atoms with Crippen molar-refractivity contribution in [3.05, 3.63) is 88.0 Å². The lowest BCUT2D eigenvalue weighted by molar-refractivity contribution is -0.385. The number of rotatable bonds is 14. The van der Waals surface area contributed by atoms with E-state index in [4.69, 9.17) is 14.2 Å². The molecule has 1 atom stereocenters. The number of ether oxygens (including phenoxy) is 3. The van der Waals surface area contributed by atoms with Crippen LogP contribution in [0.15, 0.2) is 76.7 Å². The quantitative estimate of drug-likeness (QED) is 0.152. The second-order valence-electron chi connectivity index (χ2n) is 10.0. The van der Waals surface area contributed by atoms with Crippen molar-refractivity contribution in [2.45, 2.75) is 30.8 Å². The highest BCUT2D eigenvalue weighted by atomic mass is 32.2. The lowest BCUT2D eigenvalue weighted by Gasteiger charge is -2.24. The number of aryl methyl sites for hydroxylation is 1. The van der Waals surface area contributed by atoms with E-state index < -0.39 is 27.4 Å². The van der Waals surface area contributed by atoms with Crippen molar-refractivity contribution in [1.29, 1.82) is 0 Å². The average Bonchev–Trinajstić information content (AvgIpc) is 3.56. The molecule has 2 N–H and O–H groups in total. The van der Waals surface area contributed by atoms with E-state index in [1.54, 1.807) is 24.3 Å². The van der Waals surface area contributed by atoms with E-state index in [1.165, 1.54) is 56.6 Å². The molecule has 1 aliphatic rings. The Hall–Kier alpha value is -5.02. The van der Waals surface area contributed by atoms with Gasteiger partial charge < -0.3 is 19.5 Å². The molecule has 15 heteroatoms. The molecule has 3 aromatic carbocycles. The summed E-state index contributed by atoms with van der Waals surface area (Å²) < 4.78 is 44.2. The molecule has 0 bridgehead atoms. The molecule has 0 aliphatic carbocycles. The lowest BCUT2D eigenvalue weighted by Crippen LogP contribution is -2.39. The maximum Gasteiger partial charge on any atom is 0.273 e. The Bertz CT molecular complexity index is 1640. The predicted octanol–water partition coefficient (Wildman–Crippen LogP) is 2.93. The van der Waals surface area contributed by atoms with Crippen LogP contribution in [0.4, 0.5) is 11.4 Å². The molecule has 45 heavy (non-hydrogen) atoms. The van der Waals surface area contributed by atoms with Crippen LogP contribution >= 0.6 is 0 Å². The van der Waals surface area contributed by atoms with Crippen molar-refractivity contribution in [3.63, 3.8) is 0 Å². The van der Waals surface area contributed by atoms with Crippen molar-refractivity contribution in [2.75, 3.05) is 37.7 Å². The third-order valence-electron chi connectivity index (χ3n) is 6.82. The highest BCUT2D eigenvalue weighted by molar-refractivity contribution is 7.92. The highest BCUT2D eigenvalue weighted by Gasteiger charge is 2.29. The van der Waals surface area contributed by atoms with Crippen LogP contribution in [0, 0.1) is 17.0 Å². The third-order valence-corrected chi connectivity index (χ3v) is 8.59. The molecule has 0 spiro atoms. The van der Waals surface area contributed by atoms with E-state index in [0.29, 0.717) is 30.2 Å². The SMILES string of the molecule is COc1ccc(N(CC(=O)N/N=C\c2ccc(OCC(=O)NC[C@@H]3CCCO3)cc2)S(=O)(=O)c2ccc(C)c([N+](=O)[O-])c2)cc1. The van der Waals surface area contributed by atoms with Crippen LogP contribution in [0.1, 0.15) is 24.0 Å². The topological polar surface area (TPSA) is 179 Å². The van der Waals surface area contributed by atoms with Crippen LogP contribution in [-0.4, -0.2) is 70.9 Å². The Morgan fingerprint density at radius 2 is 1.80 bits per heavy atom. The number of hydrazone groups is 1. The molecule has 1 heterocycles. The number of sulfonamides is 1. The zero-order chi connectivity index (χ0) is 32.4. The second kappa shape index (κ2) is 15.1. The zero-order valence-electron chi connectivity index (χ0n) is 24.7. The average molecular weight is 640 g/mol. The van der Waals surface area contributed by atoms with E-state index in [-0.39, 0.29) is 40.5 Å². The number of carbonyl (C=O) groups is 2. The Morgan fingerprint density at radius 1 is 1.09 bits per heavy atom. The van der Waals surface area contributed by atoms with Crippen LogP contribution in [0.5, 0.6) is 11.5 Å². The van der Waals surface area contributed by atoms with Crippen LogP contribution in [-0.2, 0) is 24.3 Å². The maximum atomic E-state index is 13.6. The van der Waals surface area contributed by atoms with Crippen LogP contribution in [0.3, 0.4) is 0 Å². The van der Waals surface area contributed by atoms with Gasteiger partial charge >= 0.3 is 0 Å². The van der Waals surface area contributed by atoms with Gasteiger partial charge in [-0.2, -0.15) is 5.10 Å². The molecule has 4 rings (SSSR count). The molecule has 0 saturated carbocycles.